The van der Waals surface area contributed by atoms with Crippen molar-refractivity contribution in [2.75, 3.05) is 13.1 Å². The summed E-state index contributed by atoms with van der Waals surface area (Å²) in [6.07, 6.45) is -3.17. The van der Waals surface area contributed by atoms with Crippen molar-refractivity contribution in [1.82, 2.24) is 20.9 Å². The van der Waals surface area contributed by atoms with Crippen LogP contribution in [0.5, 0.6) is 0 Å². The summed E-state index contributed by atoms with van der Waals surface area (Å²) in [5.41, 5.74) is -2.23. The van der Waals surface area contributed by atoms with E-state index in [0.717, 1.165) is 4.90 Å². The molecule has 3 N–H and O–H groups in total. The predicted octanol–water partition coefficient (Wildman–Crippen LogP) is 3.75. The molecule has 1 fully saturated rings. The van der Waals surface area contributed by atoms with Gasteiger partial charge >= 0.3 is 12.1 Å². The predicted molar refractivity (Wildman–Crippen MR) is 165 cm³/mol. The van der Waals surface area contributed by atoms with E-state index >= 15 is 0 Å². The Labute approximate surface area is 267 Å². The van der Waals surface area contributed by atoms with Crippen LogP contribution in [0.2, 0.25) is 0 Å². The summed E-state index contributed by atoms with van der Waals surface area (Å²) in [5.74, 6) is -6.54. The summed E-state index contributed by atoms with van der Waals surface area (Å²) in [6, 6.07) is 3.21. The minimum atomic E-state index is -5.26. The zero-order chi connectivity index (χ0) is 35.0. The highest BCUT2D eigenvalue weighted by molar-refractivity contribution is 6.45. The monoisotopic (exact) mass is 650 g/mol. The average Bonchev–Trinajstić information content (AvgIpc) is 2.96. The van der Waals surface area contributed by atoms with Crippen molar-refractivity contribution in [2.45, 2.75) is 91.5 Å². The third-order valence-corrected chi connectivity index (χ3v) is 7.91. The van der Waals surface area contributed by atoms with Gasteiger partial charge in [-0.25, -0.2) is 0 Å². The molecule has 2 rings (SSSR count). The summed E-state index contributed by atoms with van der Waals surface area (Å²) in [7, 11) is 0. The van der Waals surface area contributed by atoms with Crippen LogP contribution in [0.4, 0.5) is 13.2 Å². The van der Waals surface area contributed by atoms with Crippen LogP contribution in [-0.4, -0.2) is 77.5 Å². The fraction of sp³-hybridized carbons (Fsp3) is 0.576. The summed E-state index contributed by atoms with van der Waals surface area (Å²) in [5, 5.41) is 7.15. The minimum absolute atomic E-state index is 0.0147. The van der Waals surface area contributed by atoms with Crippen LogP contribution in [0.1, 0.15) is 77.6 Å². The Morgan fingerprint density at radius 2 is 1.67 bits per heavy atom. The number of nitrogens with zero attached hydrogens (tertiary/aromatic N) is 1. The molecule has 1 unspecified atom stereocenters. The van der Waals surface area contributed by atoms with Crippen LogP contribution < -0.4 is 16.0 Å². The van der Waals surface area contributed by atoms with Crippen molar-refractivity contribution < 1.29 is 41.9 Å². The van der Waals surface area contributed by atoms with Crippen molar-refractivity contribution in [2.24, 2.45) is 16.7 Å². The fourth-order valence-electron chi connectivity index (χ4n) is 5.38. The second-order valence-corrected chi connectivity index (χ2v) is 13.4. The maximum atomic E-state index is 14.1. The first kappa shape index (κ1) is 38.2. The number of amides is 4. The molecule has 0 aliphatic carbocycles. The maximum absolute atomic E-state index is 14.1. The first-order valence-corrected chi connectivity index (χ1v) is 15.2. The highest BCUT2D eigenvalue weighted by Crippen LogP contribution is 2.33. The lowest BCUT2D eigenvalue weighted by molar-refractivity contribution is -0.176. The molecule has 1 aromatic carbocycles. The zero-order valence-corrected chi connectivity index (χ0v) is 27.3. The molecule has 254 valence electrons. The molecular weight excluding hydrogens is 605 g/mol. The Morgan fingerprint density at radius 1 is 1.07 bits per heavy atom. The highest BCUT2D eigenvalue weighted by atomic mass is 19.4. The Bertz CT molecular complexity index is 1310. The van der Waals surface area contributed by atoms with Crippen LogP contribution in [0, 0.1) is 16.7 Å². The van der Waals surface area contributed by atoms with Crippen LogP contribution in [0.3, 0.4) is 0 Å². The van der Waals surface area contributed by atoms with E-state index in [1.54, 1.807) is 44.3 Å². The standard InChI is InChI=1S/C33H45F3N4O6/c1-8-17-40(28(44)26(31(4,5)6)39-30(46)33(34,35)36)23(18-20(2)3)27(43)38-22(19-32(7)15-12-16-37-29(32)45)25(42)24(41)21-13-10-9-11-14-21/h8-11,13-14,20,22-23,26H,1,12,15-19H2,2-7H3,(H,37,45)(H,38,43)(H,39,46)/t22?,23-,26+,32-/m0/s1. The highest BCUT2D eigenvalue weighted by Gasteiger charge is 2.47. The Balaban J connectivity index is 2.56. The van der Waals surface area contributed by atoms with Gasteiger partial charge in [-0.05, 0) is 37.0 Å². The number of rotatable bonds is 14. The van der Waals surface area contributed by atoms with Gasteiger partial charge in [0.25, 0.3) is 0 Å². The topological polar surface area (TPSA) is 142 Å². The molecule has 1 saturated heterocycles. The molecule has 0 spiro atoms. The van der Waals surface area contributed by atoms with Crippen molar-refractivity contribution in [3.8, 4) is 0 Å². The lowest BCUT2D eigenvalue weighted by atomic mass is 9.75. The van der Waals surface area contributed by atoms with E-state index in [9.17, 15) is 41.9 Å². The van der Waals surface area contributed by atoms with Gasteiger partial charge < -0.3 is 20.9 Å². The number of halogens is 3. The first-order valence-electron chi connectivity index (χ1n) is 15.2. The third kappa shape index (κ3) is 9.98. The molecule has 4 amide bonds. The van der Waals surface area contributed by atoms with Crippen LogP contribution in [-0.2, 0) is 24.0 Å². The number of carbonyl (C=O) groups excluding carboxylic acids is 6. The lowest BCUT2D eigenvalue weighted by Crippen LogP contribution is -2.62. The fourth-order valence-corrected chi connectivity index (χ4v) is 5.38. The molecule has 46 heavy (non-hydrogen) atoms. The van der Waals surface area contributed by atoms with E-state index in [1.165, 1.54) is 39.0 Å². The molecule has 0 bridgehead atoms. The molecule has 4 atom stereocenters. The van der Waals surface area contributed by atoms with Crippen molar-refractivity contribution in [1.29, 1.82) is 0 Å². The minimum Gasteiger partial charge on any atom is -0.356 e. The number of benzene rings is 1. The Hall–Kier alpha value is -4.03. The maximum Gasteiger partial charge on any atom is 0.471 e. The SMILES string of the molecule is C=CCN(C(=O)[C@@H](NC(=O)C(F)(F)F)C(C)(C)C)[C@@H](CC(C)C)C(=O)NC(C[C@]1(C)CCCNC1=O)C(=O)C(=O)c1ccccc1. The van der Waals surface area contributed by atoms with Crippen molar-refractivity contribution in [3.05, 3.63) is 48.6 Å². The van der Waals surface area contributed by atoms with Crippen LogP contribution in [0.15, 0.2) is 43.0 Å². The lowest BCUT2D eigenvalue weighted by Gasteiger charge is -2.39. The second kappa shape index (κ2) is 15.5. The number of piperidine rings is 1. The molecular formula is C33H45F3N4O6. The molecule has 0 radical (unpaired) electrons. The number of alkyl halides is 3. The van der Waals surface area contributed by atoms with Gasteiger partial charge in [-0.15, -0.1) is 6.58 Å². The zero-order valence-electron chi connectivity index (χ0n) is 27.3. The molecule has 1 aliphatic rings. The van der Waals surface area contributed by atoms with E-state index in [2.05, 4.69) is 17.2 Å². The summed E-state index contributed by atoms with van der Waals surface area (Å²) >= 11 is 0. The van der Waals surface area contributed by atoms with E-state index < -0.39 is 64.4 Å². The number of hydrogen-bond donors (Lipinski definition) is 3. The van der Waals surface area contributed by atoms with Crippen LogP contribution in [0.25, 0.3) is 0 Å². The Kier molecular flexibility index (Phi) is 12.9. The number of carbonyl (C=O) groups is 6. The Morgan fingerprint density at radius 3 is 2.17 bits per heavy atom. The van der Waals surface area contributed by atoms with Gasteiger partial charge in [0.05, 0.1) is 6.04 Å². The van der Waals surface area contributed by atoms with Crippen molar-refractivity contribution >= 4 is 35.2 Å². The number of nitrogens with one attached hydrogen (secondary N) is 3. The molecule has 13 heteroatoms. The molecule has 1 aromatic rings. The molecule has 10 nitrogen and oxygen atoms in total. The number of ketones is 2. The first-order chi connectivity index (χ1) is 21.2. The summed E-state index contributed by atoms with van der Waals surface area (Å²) < 4.78 is 39.7. The van der Waals surface area contributed by atoms with Gasteiger partial charge in [0.2, 0.25) is 29.3 Å². The van der Waals surface area contributed by atoms with Gasteiger partial charge in [-0.2, -0.15) is 13.2 Å². The molecule has 0 aromatic heterocycles. The van der Waals surface area contributed by atoms with E-state index in [4.69, 9.17) is 0 Å². The van der Waals surface area contributed by atoms with Gasteiger partial charge in [-0.1, -0.05) is 78.0 Å². The largest absolute Gasteiger partial charge is 0.471 e. The van der Waals surface area contributed by atoms with Crippen LogP contribution >= 0.6 is 0 Å². The van der Waals surface area contributed by atoms with E-state index in [1.807, 2.05) is 0 Å². The number of hydrogen-bond acceptors (Lipinski definition) is 6. The molecule has 1 heterocycles. The summed E-state index contributed by atoms with van der Waals surface area (Å²) in [6.45, 7) is 13.4. The van der Waals surface area contributed by atoms with Crippen molar-refractivity contribution in [3.63, 3.8) is 0 Å². The van der Waals surface area contributed by atoms with Gasteiger partial charge in [0.15, 0.2) is 0 Å². The number of Topliss-reactive ketones (excluding diaryl/α,β-unsaturated/α-hetero) is 2. The van der Waals surface area contributed by atoms with E-state index in [0.29, 0.717) is 19.4 Å². The molecule has 0 saturated carbocycles. The van der Waals surface area contributed by atoms with Gasteiger partial charge in [0, 0.05) is 24.1 Å². The smallest absolute Gasteiger partial charge is 0.356 e. The van der Waals surface area contributed by atoms with Gasteiger partial charge in [0.1, 0.15) is 12.1 Å². The normalized spacial score (nSPS) is 18.9. The second-order valence-electron chi connectivity index (χ2n) is 13.4. The van der Waals surface area contributed by atoms with E-state index in [-0.39, 0.29) is 36.8 Å². The molecule has 1 aliphatic heterocycles. The average molecular weight is 651 g/mol. The van der Waals surface area contributed by atoms with Gasteiger partial charge in [-0.3, -0.25) is 28.8 Å². The third-order valence-electron chi connectivity index (χ3n) is 7.91. The quantitative estimate of drug-likeness (QED) is 0.159. The summed E-state index contributed by atoms with van der Waals surface area (Å²) in [4.78, 5) is 80.8.